The Morgan fingerprint density at radius 2 is 1.83 bits per heavy atom. The summed E-state index contributed by atoms with van der Waals surface area (Å²) in [6, 6.07) is 7.87. The zero-order chi connectivity index (χ0) is 20.5. The Bertz CT molecular complexity index is 882. The van der Waals surface area contributed by atoms with E-state index in [1.54, 1.807) is 4.90 Å². The predicted octanol–water partition coefficient (Wildman–Crippen LogP) is 3.26. The van der Waals surface area contributed by atoms with E-state index in [0.29, 0.717) is 31.4 Å². The van der Waals surface area contributed by atoms with Crippen LogP contribution in [0.2, 0.25) is 0 Å². The van der Waals surface area contributed by atoms with E-state index >= 15 is 0 Å². The van der Waals surface area contributed by atoms with Crippen LogP contribution in [0.5, 0.6) is 0 Å². The third kappa shape index (κ3) is 4.04. The van der Waals surface area contributed by atoms with Gasteiger partial charge in [-0.2, -0.15) is 0 Å². The Morgan fingerprint density at radius 1 is 1.14 bits per heavy atom. The van der Waals surface area contributed by atoms with Gasteiger partial charge in [-0.1, -0.05) is 31.5 Å². The van der Waals surface area contributed by atoms with Gasteiger partial charge in [0, 0.05) is 43.6 Å². The molecule has 2 saturated heterocycles. The summed E-state index contributed by atoms with van der Waals surface area (Å²) in [5.74, 6) is 1.61. The molecule has 1 aromatic heterocycles. The van der Waals surface area contributed by atoms with Crippen molar-refractivity contribution in [3.63, 3.8) is 0 Å². The summed E-state index contributed by atoms with van der Waals surface area (Å²) < 4.78 is 5.79. The highest BCUT2D eigenvalue weighted by molar-refractivity contribution is 6.00. The molecule has 154 valence electrons. The van der Waals surface area contributed by atoms with Gasteiger partial charge < -0.3 is 14.2 Å². The Hall–Kier alpha value is -2.70. The molecule has 3 heterocycles. The summed E-state index contributed by atoms with van der Waals surface area (Å²) in [4.78, 5) is 29.1. The first kappa shape index (κ1) is 19.6. The number of hydrogen-bond donors (Lipinski definition) is 0. The Balaban J connectivity index is 1.35. The van der Waals surface area contributed by atoms with Crippen molar-refractivity contribution in [2.24, 2.45) is 5.92 Å². The minimum absolute atomic E-state index is 0.0224. The number of piperidine rings is 1. The number of aromatic nitrogens is 2. The van der Waals surface area contributed by atoms with E-state index in [4.69, 9.17) is 4.42 Å². The highest BCUT2D eigenvalue weighted by Gasteiger charge is 2.38. The number of carbonyl (C=O) groups excluding carboxylic acids is 2. The van der Waals surface area contributed by atoms with Crippen LogP contribution in [0.4, 0.5) is 5.69 Å². The summed E-state index contributed by atoms with van der Waals surface area (Å²) in [7, 11) is 0. The Morgan fingerprint density at radius 3 is 2.45 bits per heavy atom. The molecular weight excluding hydrogens is 368 g/mol. The average molecular weight is 396 g/mol. The Labute approximate surface area is 171 Å². The lowest BCUT2D eigenvalue weighted by atomic mass is 9.95. The van der Waals surface area contributed by atoms with Crippen molar-refractivity contribution in [1.29, 1.82) is 0 Å². The van der Waals surface area contributed by atoms with E-state index in [9.17, 15) is 9.59 Å². The molecule has 2 aromatic rings. The van der Waals surface area contributed by atoms with Gasteiger partial charge in [-0.05, 0) is 31.9 Å². The van der Waals surface area contributed by atoms with Crippen LogP contribution >= 0.6 is 0 Å². The van der Waals surface area contributed by atoms with Gasteiger partial charge in [0.2, 0.25) is 23.6 Å². The Kier molecular flexibility index (Phi) is 5.39. The number of nitrogens with zero attached hydrogens (tertiary/aromatic N) is 4. The predicted molar refractivity (Wildman–Crippen MR) is 109 cm³/mol. The summed E-state index contributed by atoms with van der Waals surface area (Å²) in [5.41, 5.74) is 2.02. The first-order valence-corrected chi connectivity index (χ1v) is 10.4. The van der Waals surface area contributed by atoms with E-state index in [0.717, 1.165) is 24.1 Å². The fraction of sp³-hybridized carbons (Fsp3) is 0.545. The van der Waals surface area contributed by atoms with Gasteiger partial charge in [-0.25, -0.2) is 0 Å². The van der Waals surface area contributed by atoms with Crippen molar-refractivity contribution in [3.8, 4) is 0 Å². The van der Waals surface area contributed by atoms with Crippen LogP contribution in [-0.2, 0) is 9.59 Å². The summed E-state index contributed by atoms with van der Waals surface area (Å²) in [6.45, 7) is 7.87. The van der Waals surface area contributed by atoms with Gasteiger partial charge in [0.05, 0.1) is 5.92 Å². The number of amides is 2. The summed E-state index contributed by atoms with van der Waals surface area (Å²) >= 11 is 0. The first-order chi connectivity index (χ1) is 13.9. The molecule has 0 aliphatic carbocycles. The molecule has 2 fully saturated rings. The smallest absolute Gasteiger partial charge is 0.228 e. The van der Waals surface area contributed by atoms with Crippen molar-refractivity contribution >= 4 is 17.5 Å². The molecule has 0 N–H and O–H groups in total. The van der Waals surface area contributed by atoms with Gasteiger partial charge in [0.25, 0.3) is 0 Å². The van der Waals surface area contributed by atoms with Crippen LogP contribution in [-0.4, -0.2) is 46.5 Å². The summed E-state index contributed by atoms with van der Waals surface area (Å²) in [5, 5.41) is 8.32. The SMILES string of the molecule is Cc1ccc(N2CC(C(=O)N3CCC(c4nnc(C(C)C)o4)CC3)CC2=O)cc1. The number of carbonyl (C=O) groups is 2. The number of rotatable bonds is 4. The van der Waals surface area contributed by atoms with Crippen LogP contribution in [0.1, 0.15) is 62.3 Å². The molecule has 0 spiro atoms. The number of benzene rings is 1. The maximum Gasteiger partial charge on any atom is 0.228 e. The molecule has 4 rings (SSSR count). The fourth-order valence-corrected chi connectivity index (χ4v) is 4.10. The van der Waals surface area contributed by atoms with Crippen molar-refractivity contribution in [2.45, 2.75) is 51.9 Å². The molecule has 2 aliphatic rings. The van der Waals surface area contributed by atoms with Crippen LogP contribution < -0.4 is 4.90 Å². The third-order valence-corrected chi connectivity index (χ3v) is 5.93. The van der Waals surface area contributed by atoms with E-state index < -0.39 is 0 Å². The topological polar surface area (TPSA) is 79.5 Å². The van der Waals surface area contributed by atoms with Gasteiger partial charge in [-0.15, -0.1) is 10.2 Å². The zero-order valence-corrected chi connectivity index (χ0v) is 17.3. The third-order valence-electron chi connectivity index (χ3n) is 5.93. The van der Waals surface area contributed by atoms with E-state index in [1.165, 1.54) is 0 Å². The van der Waals surface area contributed by atoms with Gasteiger partial charge >= 0.3 is 0 Å². The second kappa shape index (κ2) is 7.97. The van der Waals surface area contributed by atoms with Crippen molar-refractivity contribution in [1.82, 2.24) is 15.1 Å². The molecule has 7 nitrogen and oxygen atoms in total. The molecule has 0 radical (unpaired) electrons. The lowest BCUT2D eigenvalue weighted by Crippen LogP contribution is -2.42. The second-order valence-electron chi connectivity index (χ2n) is 8.47. The number of aryl methyl sites for hydroxylation is 1. The van der Waals surface area contributed by atoms with E-state index in [1.807, 2.05) is 49.9 Å². The standard InChI is InChI=1S/C22H28N4O3/c1-14(2)20-23-24-21(29-20)16-8-10-25(11-9-16)22(28)17-12-19(27)26(13-17)18-6-4-15(3)5-7-18/h4-7,14,16-17H,8-13H2,1-3H3. The molecule has 29 heavy (non-hydrogen) atoms. The molecule has 2 aliphatic heterocycles. The van der Waals surface area contributed by atoms with Gasteiger partial charge in [0.1, 0.15) is 0 Å². The molecule has 1 atom stereocenters. The van der Waals surface area contributed by atoms with Crippen LogP contribution in [0.3, 0.4) is 0 Å². The maximum atomic E-state index is 13.0. The minimum atomic E-state index is -0.267. The molecular formula is C22H28N4O3. The van der Waals surface area contributed by atoms with Gasteiger partial charge in [0.15, 0.2) is 0 Å². The molecule has 7 heteroatoms. The van der Waals surface area contributed by atoms with Crippen molar-refractivity contribution in [2.75, 3.05) is 24.5 Å². The fourth-order valence-electron chi connectivity index (χ4n) is 4.10. The lowest BCUT2D eigenvalue weighted by Gasteiger charge is -2.32. The second-order valence-corrected chi connectivity index (χ2v) is 8.47. The number of anilines is 1. The average Bonchev–Trinajstić information content (AvgIpc) is 3.36. The molecule has 1 aromatic carbocycles. The maximum absolute atomic E-state index is 13.0. The van der Waals surface area contributed by atoms with Crippen molar-refractivity contribution < 1.29 is 14.0 Å². The van der Waals surface area contributed by atoms with Crippen LogP contribution in [0.15, 0.2) is 28.7 Å². The first-order valence-electron chi connectivity index (χ1n) is 10.4. The number of likely N-dealkylation sites (tertiary alicyclic amines) is 1. The molecule has 2 amide bonds. The van der Waals surface area contributed by atoms with E-state index in [2.05, 4.69) is 10.2 Å². The monoisotopic (exact) mass is 396 g/mol. The normalized spacial score (nSPS) is 20.7. The van der Waals surface area contributed by atoms with E-state index in [-0.39, 0.29) is 36.0 Å². The van der Waals surface area contributed by atoms with Crippen molar-refractivity contribution in [3.05, 3.63) is 41.6 Å². The van der Waals surface area contributed by atoms with Crippen LogP contribution in [0.25, 0.3) is 0 Å². The highest BCUT2D eigenvalue weighted by Crippen LogP contribution is 2.31. The molecule has 0 saturated carbocycles. The van der Waals surface area contributed by atoms with Crippen LogP contribution in [0, 0.1) is 12.8 Å². The molecule has 1 unspecified atom stereocenters. The van der Waals surface area contributed by atoms with Gasteiger partial charge in [-0.3, -0.25) is 9.59 Å². The minimum Gasteiger partial charge on any atom is -0.425 e. The number of hydrogen-bond acceptors (Lipinski definition) is 5. The molecule has 0 bridgehead atoms. The zero-order valence-electron chi connectivity index (χ0n) is 17.3. The quantitative estimate of drug-likeness (QED) is 0.792. The summed E-state index contributed by atoms with van der Waals surface area (Å²) in [6.07, 6.45) is 1.91. The largest absolute Gasteiger partial charge is 0.425 e. The lowest BCUT2D eigenvalue weighted by molar-refractivity contribution is -0.136. The highest BCUT2D eigenvalue weighted by atomic mass is 16.4.